The normalized spacial score (nSPS) is 18.4. The standard InChI is InChI=1S/C13H19FN2OS/c1-17-10-2-3-11(14)12(8-10)16-13(9-15)4-6-18-7-5-13/h2-3,8,16H,4-7,9,15H2,1H3. The Morgan fingerprint density at radius 2 is 2.17 bits per heavy atom. The molecule has 0 aromatic heterocycles. The zero-order chi connectivity index (χ0) is 13.0. The zero-order valence-corrected chi connectivity index (χ0v) is 11.4. The molecule has 1 saturated heterocycles. The first-order valence-corrected chi connectivity index (χ1v) is 7.24. The molecule has 1 heterocycles. The fourth-order valence-electron chi connectivity index (χ4n) is 2.16. The van der Waals surface area contributed by atoms with Gasteiger partial charge in [-0.3, -0.25) is 0 Å². The van der Waals surface area contributed by atoms with Crippen molar-refractivity contribution in [1.82, 2.24) is 0 Å². The summed E-state index contributed by atoms with van der Waals surface area (Å²) >= 11 is 1.92. The minimum Gasteiger partial charge on any atom is -0.497 e. The predicted octanol–water partition coefficient (Wildman–Crippen LogP) is 2.47. The summed E-state index contributed by atoms with van der Waals surface area (Å²) in [5, 5.41) is 3.29. The van der Waals surface area contributed by atoms with Gasteiger partial charge in [0.15, 0.2) is 0 Å². The highest BCUT2D eigenvalue weighted by molar-refractivity contribution is 7.99. The zero-order valence-electron chi connectivity index (χ0n) is 10.5. The van der Waals surface area contributed by atoms with Gasteiger partial charge in [0, 0.05) is 12.6 Å². The van der Waals surface area contributed by atoms with Crippen LogP contribution in [0.1, 0.15) is 12.8 Å². The van der Waals surface area contributed by atoms with Crippen LogP contribution in [-0.4, -0.2) is 30.7 Å². The highest BCUT2D eigenvalue weighted by atomic mass is 32.2. The number of methoxy groups -OCH3 is 1. The van der Waals surface area contributed by atoms with Gasteiger partial charge < -0.3 is 15.8 Å². The fraction of sp³-hybridized carbons (Fsp3) is 0.538. The van der Waals surface area contributed by atoms with Gasteiger partial charge in [0.2, 0.25) is 0 Å². The van der Waals surface area contributed by atoms with Crippen LogP contribution in [0.15, 0.2) is 18.2 Å². The van der Waals surface area contributed by atoms with E-state index in [-0.39, 0.29) is 11.4 Å². The number of nitrogens with one attached hydrogen (secondary N) is 1. The van der Waals surface area contributed by atoms with Gasteiger partial charge in [0.25, 0.3) is 0 Å². The molecular weight excluding hydrogens is 251 g/mol. The summed E-state index contributed by atoms with van der Waals surface area (Å²) in [5.74, 6) is 2.52. The Bertz CT molecular complexity index is 408. The summed E-state index contributed by atoms with van der Waals surface area (Å²) in [6.07, 6.45) is 1.93. The van der Waals surface area contributed by atoms with Crippen LogP contribution in [0.2, 0.25) is 0 Å². The van der Waals surface area contributed by atoms with Crippen molar-refractivity contribution < 1.29 is 9.13 Å². The van der Waals surface area contributed by atoms with Crippen molar-refractivity contribution >= 4 is 17.4 Å². The maximum atomic E-state index is 13.8. The number of thioether (sulfide) groups is 1. The number of rotatable bonds is 4. The molecule has 1 aliphatic rings. The molecule has 1 fully saturated rings. The quantitative estimate of drug-likeness (QED) is 0.882. The first-order chi connectivity index (χ1) is 8.69. The van der Waals surface area contributed by atoms with Gasteiger partial charge in [-0.05, 0) is 36.5 Å². The summed E-state index contributed by atoms with van der Waals surface area (Å²) in [6, 6.07) is 4.73. The van der Waals surface area contributed by atoms with Gasteiger partial charge in [0.1, 0.15) is 11.6 Å². The third kappa shape index (κ3) is 2.90. The molecule has 0 saturated carbocycles. The molecule has 1 aromatic carbocycles. The van der Waals surface area contributed by atoms with Crippen molar-refractivity contribution in [2.24, 2.45) is 5.73 Å². The smallest absolute Gasteiger partial charge is 0.146 e. The van der Waals surface area contributed by atoms with Crippen molar-refractivity contribution in [2.75, 3.05) is 30.5 Å². The van der Waals surface area contributed by atoms with Crippen molar-refractivity contribution in [3.8, 4) is 5.75 Å². The number of ether oxygens (including phenoxy) is 1. The fourth-order valence-corrected chi connectivity index (χ4v) is 3.43. The van der Waals surface area contributed by atoms with E-state index in [1.807, 2.05) is 11.8 Å². The maximum Gasteiger partial charge on any atom is 0.146 e. The lowest BCUT2D eigenvalue weighted by Crippen LogP contribution is -2.48. The van der Waals surface area contributed by atoms with Gasteiger partial charge in [-0.1, -0.05) is 0 Å². The highest BCUT2D eigenvalue weighted by Gasteiger charge is 2.31. The Hall–Kier alpha value is -0.940. The van der Waals surface area contributed by atoms with E-state index in [2.05, 4.69) is 5.32 Å². The van der Waals surface area contributed by atoms with E-state index < -0.39 is 0 Å². The average molecular weight is 270 g/mol. The molecule has 0 atom stereocenters. The Morgan fingerprint density at radius 1 is 1.44 bits per heavy atom. The number of hydrogen-bond acceptors (Lipinski definition) is 4. The van der Waals surface area contributed by atoms with Crippen molar-refractivity contribution in [2.45, 2.75) is 18.4 Å². The molecule has 0 bridgehead atoms. The third-order valence-electron chi connectivity index (χ3n) is 3.41. The molecule has 5 heteroatoms. The lowest BCUT2D eigenvalue weighted by molar-refractivity contribution is 0.412. The molecule has 0 amide bonds. The Balaban J connectivity index is 2.20. The third-order valence-corrected chi connectivity index (χ3v) is 4.40. The topological polar surface area (TPSA) is 47.3 Å². The summed E-state index contributed by atoms with van der Waals surface area (Å²) in [4.78, 5) is 0. The lowest BCUT2D eigenvalue weighted by Gasteiger charge is -2.37. The minimum atomic E-state index is -0.262. The molecule has 0 spiro atoms. The van der Waals surface area contributed by atoms with Gasteiger partial charge in [0.05, 0.1) is 18.3 Å². The summed E-state index contributed by atoms with van der Waals surface area (Å²) < 4.78 is 18.9. The molecule has 0 unspecified atom stereocenters. The highest BCUT2D eigenvalue weighted by Crippen LogP contribution is 2.32. The van der Waals surface area contributed by atoms with E-state index in [4.69, 9.17) is 10.5 Å². The van der Waals surface area contributed by atoms with Crippen LogP contribution in [0.25, 0.3) is 0 Å². The van der Waals surface area contributed by atoms with E-state index in [1.54, 1.807) is 19.2 Å². The van der Waals surface area contributed by atoms with Gasteiger partial charge >= 0.3 is 0 Å². The second kappa shape index (κ2) is 5.80. The van der Waals surface area contributed by atoms with Crippen LogP contribution < -0.4 is 15.8 Å². The van der Waals surface area contributed by atoms with E-state index in [1.165, 1.54) is 6.07 Å². The van der Waals surface area contributed by atoms with Crippen LogP contribution >= 0.6 is 11.8 Å². The van der Waals surface area contributed by atoms with Crippen LogP contribution in [-0.2, 0) is 0 Å². The molecule has 0 radical (unpaired) electrons. The van der Waals surface area contributed by atoms with Crippen molar-refractivity contribution in [1.29, 1.82) is 0 Å². The van der Waals surface area contributed by atoms with E-state index in [9.17, 15) is 4.39 Å². The van der Waals surface area contributed by atoms with E-state index in [0.717, 1.165) is 24.3 Å². The molecule has 3 nitrogen and oxygen atoms in total. The Kier molecular flexibility index (Phi) is 4.35. The van der Waals surface area contributed by atoms with Crippen LogP contribution in [0.4, 0.5) is 10.1 Å². The number of halogens is 1. The molecule has 3 N–H and O–H groups in total. The molecule has 18 heavy (non-hydrogen) atoms. The second-order valence-electron chi connectivity index (χ2n) is 4.57. The lowest BCUT2D eigenvalue weighted by atomic mass is 9.92. The van der Waals surface area contributed by atoms with Crippen LogP contribution in [0.3, 0.4) is 0 Å². The number of benzene rings is 1. The van der Waals surface area contributed by atoms with Crippen LogP contribution in [0, 0.1) is 5.82 Å². The first-order valence-electron chi connectivity index (χ1n) is 6.09. The van der Waals surface area contributed by atoms with Gasteiger partial charge in [-0.25, -0.2) is 4.39 Å². The summed E-state index contributed by atoms with van der Waals surface area (Å²) in [7, 11) is 1.58. The predicted molar refractivity (Wildman–Crippen MR) is 74.9 cm³/mol. The molecule has 0 aliphatic carbocycles. The molecule has 1 aliphatic heterocycles. The second-order valence-corrected chi connectivity index (χ2v) is 5.79. The average Bonchev–Trinajstić information content (AvgIpc) is 2.42. The number of hydrogen-bond donors (Lipinski definition) is 2. The molecule has 100 valence electrons. The molecular formula is C13H19FN2OS. The monoisotopic (exact) mass is 270 g/mol. The summed E-state index contributed by atoms with van der Waals surface area (Å²) in [6.45, 7) is 0.518. The Morgan fingerprint density at radius 3 is 2.78 bits per heavy atom. The van der Waals surface area contributed by atoms with E-state index >= 15 is 0 Å². The number of anilines is 1. The van der Waals surface area contributed by atoms with Crippen molar-refractivity contribution in [3.05, 3.63) is 24.0 Å². The van der Waals surface area contributed by atoms with E-state index in [0.29, 0.717) is 18.0 Å². The van der Waals surface area contributed by atoms with Gasteiger partial charge in [-0.2, -0.15) is 11.8 Å². The van der Waals surface area contributed by atoms with Crippen molar-refractivity contribution in [3.63, 3.8) is 0 Å². The molecule has 2 rings (SSSR count). The van der Waals surface area contributed by atoms with Crippen LogP contribution in [0.5, 0.6) is 5.75 Å². The minimum absolute atomic E-state index is 0.182. The largest absolute Gasteiger partial charge is 0.497 e. The SMILES string of the molecule is COc1ccc(F)c(NC2(CN)CCSCC2)c1. The van der Waals surface area contributed by atoms with Gasteiger partial charge in [-0.15, -0.1) is 0 Å². The molecule has 1 aromatic rings. The maximum absolute atomic E-state index is 13.8. The Labute approximate surface area is 111 Å². The summed E-state index contributed by atoms with van der Waals surface area (Å²) in [5.41, 5.74) is 6.18. The number of nitrogens with two attached hydrogens (primary N) is 1. The first kappa shape index (κ1) is 13.5.